The minimum atomic E-state index is -0.121. The van der Waals surface area contributed by atoms with E-state index in [2.05, 4.69) is 10.1 Å². The first-order chi connectivity index (χ1) is 15.0. The summed E-state index contributed by atoms with van der Waals surface area (Å²) < 4.78 is 21.5. The Balaban J connectivity index is 1.78. The van der Waals surface area contributed by atoms with Crippen LogP contribution in [0.4, 0.5) is 0 Å². The van der Waals surface area contributed by atoms with Crippen molar-refractivity contribution in [1.82, 2.24) is 15.0 Å². The molecule has 0 spiro atoms. The van der Waals surface area contributed by atoms with E-state index in [1.54, 1.807) is 55.5 Å². The number of carbonyl (C=O) groups is 1. The molecule has 0 aliphatic rings. The van der Waals surface area contributed by atoms with E-state index < -0.39 is 0 Å². The largest absolute Gasteiger partial charge is 0.494 e. The van der Waals surface area contributed by atoms with Gasteiger partial charge in [-0.25, -0.2) is 0 Å². The molecule has 2 aromatic carbocycles. The standard InChI is InChI=1S/C23H27N3O5/c1-6-30-18-10-7-16(8-11-18)23(27)26(15(2)3)14-21-24-22(25-31-21)17-9-12-19(28-4)20(13-17)29-5/h7-13,15H,6,14H2,1-5H3. The van der Waals surface area contributed by atoms with Gasteiger partial charge in [-0.3, -0.25) is 4.79 Å². The number of aromatic nitrogens is 2. The van der Waals surface area contributed by atoms with Gasteiger partial charge in [-0.15, -0.1) is 0 Å². The molecule has 0 saturated heterocycles. The van der Waals surface area contributed by atoms with Crippen LogP contribution in [0.5, 0.6) is 17.2 Å². The molecule has 3 rings (SSSR count). The Bertz CT molecular complexity index is 1010. The van der Waals surface area contributed by atoms with Crippen LogP contribution >= 0.6 is 0 Å². The van der Waals surface area contributed by atoms with E-state index in [1.807, 2.05) is 26.8 Å². The highest BCUT2D eigenvalue weighted by Gasteiger charge is 2.22. The maximum absolute atomic E-state index is 13.1. The first-order valence-corrected chi connectivity index (χ1v) is 10.1. The third-order valence-corrected chi connectivity index (χ3v) is 4.71. The van der Waals surface area contributed by atoms with E-state index >= 15 is 0 Å². The molecule has 1 heterocycles. The Kier molecular flexibility index (Phi) is 7.12. The van der Waals surface area contributed by atoms with Crippen molar-refractivity contribution < 1.29 is 23.5 Å². The first kappa shape index (κ1) is 22.1. The average Bonchev–Trinajstić information content (AvgIpc) is 3.26. The predicted molar refractivity (Wildman–Crippen MR) is 115 cm³/mol. The highest BCUT2D eigenvalue weighted by atomic mass is 16.5. The maximum Gasteiger partial charge on any atom is 0.254 e. The number of amides is 1. The number of carbonyl (C=O) groups excluding carboxylic acids is 1. The van der Waals surface area contributed by atoms with Gasteiger partial charge in [-0.2, -0.15) is 4.98 Å². The van der Waals surface area contributed by atoms with E-state index in [1.165, 1.54) is 0 Å². The normalized spacial score (nSPS) is 10.8. The molecule has 164 valence electrons. The Labute approximate surface area is 181 Å². The van der Waals surface area contributed by atoms with E-state index in [0.29, 0.717) is 35.4 Å². The molecule has 0 bridgehead atoms. The van der Waals surface area contributed by atoms with Crippen LogP contribution in [0.2, 0.25) is 0 Å². The van der Waals surface area contributed by atoms with Crippen LogP contribution in [0.3, 0.4) is 0 Å². The fraction of sp³-hybridized carbons (Fsp3) is 0.348. The summed E-state index contributed by atoms with van der Waals surface area (Å²) >= 11 is 0. The van der Waals surface area contributed by atoms with Crippen molar-refractivity contribution in [1.29, 1.82) is 0 Å². The van der Waals surface area contributed by atoms with E-state index in [0.717, 1.165) is 11.3 Å². The highest BCUT2D eigenvalue weighted by Crippen LogP contribution is 2.31. The number of benzene rings is 2. The number of ether oxygens (including phenoxy) is 3. The Morgan fingerprint density at radius 3 is 2.39 bits per heavy atom. The topological polar surface area (TPSA) is 86.9 Å². The fourth-order valence-electron chi connectivity index (χ4n) is 3.07. The summed E-state index contributed by atoms with van der Waals surface area (Å²) in [6.07, 6.45) is 0. The molecular weight excluding hydrogens is 398 g/mol. The lowest BCUT2D eigenvalue weighted by atomic mass is 10.1. The second-order valence-corrected chi connectivity index (χ2v) is 7.07. The second kappa shape index (κ2) is 9.97. The van der Waals surface area contributed by atoms with Gasteiger partial charge in [0.1, 0.15) is 12.3 Å². The summed E-state index contributed by atoms with van der Waals surface area (Å²) in [5.41, 5.74) is 1.29. The summed E-state index contributed by atoms with van der Waals surface area (Å²) in [7, 11) is 3.14. The summed E-state index contributed by atoms with van der Waals surface area (Å²) in [5, 5.41) is 4.06. The second-order valence-electron chi connectivity index (χ2n) is 7.07. The zero-order chi connectivity index (χ0) is 22.4. The summed E-state index contributed by atoms with van der Waals surface area (Å²) in [6.45, 7) is 6.57. The molecule has 0 saturated carbocycles. The van der Waals surface area contributed by atoms with Crippen molar-refractivity contribution in [3.8, 4) is 28.6 Å². The Morgan fingerprint density at radius 1 is 1.06 bits per heavy atom. The van der Waals surface area contributed by atoms with Gasteiger partial charge in [-0.1, -0.05) is 5.16 Å². The van der Waals surface area contributed by atoms with Crippen molar-refractivity contribution in [2.75, 3.05) is 20.8 Å². The average molecular weight is 425 g/mol. The zero-order valence-electron chi connectivity index (χ0n) is 18.4. The van der Waals surface area contributed by atoms with Gasteiger partial charge in [0.15, 0.2) is 11.5 Å². The Morgan fingerprint density at radius 2 is 1.77 bits per heavy atom. The van der Waals surface area contributed by atoms with Gasteiger partial charge in [0, 0.05) is 17.2 Å². The number of methoxy groups -OCH3 is 2. The van der Waals surface area contributed by atoms with Crippen LogP contribution < -0.4 is 14.2 Å². The highest BCUT2D eigenvalue weighted by molar-refractivity contribution is 5.94. The molecule has 1 amide bonds. The molecule has 0 aliphatic carbocycles. The molecular formula is C23H27N3O5. The van der Waals surface area contributed by atoms with E-state index in [9.17, 15) is 4.79 Å². The predicted octanol–water partition coefficient (Wildman–Crippen LogP) is 4.20. The maximum atomic E-state index is 13.1. The quantitative estimate of drug-likeness (QED) is 0.508. The summed E-state index contributed by atoms with van der Waals surface area (Å²) in [4.78, 5) is 19.2. The number of nitrogens with zero attached hydrogens (tertiary/aromatic N) is 3. The minimum Gasteiger partial charge on any atom is -0.494 e. The summed E-state index contributed by atoms with van der Waals surface area (Å²) in [6, 6.07) is 12.4. The van der Waals surface area contributed by atoms with Gasteiger partial charge in [-0.05, 0) is 63.2 Å². The molecule has 0 atom stereocenters. The molecule has 0 fully saturated rings. The van der Waals surface area contributed by atoms with Gasteiger partial charge in [0.05, 0.1) is 20.8 Å². The van der Waals surface area contributed by atoms with Crippen molar-refractivity contribution in [2.24, 2.45) is 0 Å². The number of rotatable bonds is 9. The van der Waals surface area contributed by atoms with Crippen molar-refractivity contribution in [2.45, 2.75) is 33.4 Å². The van der Waals surface area contributed by atoms with E-state index in [-0.39, 0.29) is 18.5 Å². The number of hydrogen-bond donors (Lipinski definition) is 0. The number of hydrogen-bond acceptors (Lipinski definition) is 7. The van der Waals surface area contributed by atoms with Crippen LogP contribution in [-0.2, 0) is 6.54 Å². The first-order valence-electron chi connectivity index (χ1n) is 10.1. The van der Waals surface area contributed by atoms with Gasteiger partial charge < -0.3 is 23.6 Å². The minimum absolute atomic E-state index is 0.0597. The molecule has 0 N–H and O–H groups in total. The van der Waals surface area contributed by atoms with Gasteiger partial charge in [0.25, 0.3) is 5.91 Å². The van der Waals surface area contributed by atoms with Gasteiger partial charge in [0.2, 0.25) is 11.7 Å². The van der Waals surface area contributed by atoms with E-state index in [4.69, 9.17) is 18.7 Å². The van der Waals surface area contributed by atoms with Crippen molar-refractivity contribution >= 4 is 5.91 Å². The molecule has 0 aliphatic heterocycles. The van der Waals surface area contributed by atoms with Crippen molar-refractivity contribution in [3.05, 3.63) is 53.9 Å². The lowest BCUT2D eigenvalue weighted by Gasteiger charge is -2.25. The van der Waals surface area contributed by atoms with Crippen LogP contribution in [0.25, 0.3) is 11.4 Å². The lowest BCUT2D eigenvalue weighted by Crippen LogP contribution is -2.36. The smallest absolute Gasteiger partial charge is 0.254 e. The third kappa shape index (κ3) is 5.14. The molecule has 0 radical (unpaired) electrons. The molecule has 1 aromatic heterocycles. The Hall–Kier alpha value is -3.55. The molecule has 8 heteroatoms. The molecule has 0 unspecified atom stereocenters. The van der Waals surface area contributed by atoms with Crippen LogP contribution in [0, 0.1) is 0 Å². The molecule has 31 heavy (non-hydrogen) atoms. The zero-order valence-corrected chi connectivity index (χ0v) is 18.4. The van der Waals surface area contributed by atoms with Crippen LogP contribution in [0.1, 0.15) is 37.0 Å². The van der Waals surface area contributed by atoms with Crippen LogP contribution in [-0.4, -0.2) is 47.8 Å². The SMILES string of the molecule is CCOc1ccc(C(=O)N(Cc2nc(-c3ccc(OC)c(OC)c3)no2)C(C)C)cc1. The monoisotopic (exact) mass is 425 g/mol. The molecule has 8 nitrogen and oxygen atoms in total. The fourth-order valence-corrected chi connectivity index (χ4v) is 3.07. The third-order valence-electron chi connectivity index (χ3n) is 4.71. The molecule has 3 aromatic rings. The lowest BCUT2D eigenvalue weighted by molar-refractivity contribution is 0.0667. The summed E-state index contributed by atoms with van der Waals surface area (Å²) in [5.74, 6) is 2.55. The van der Waals surface area contributed by atoms with Crippen molar-refractivity contribution in [3.63, 3.8) is 0 Å². The van der Waals surface area contributed by atoms with Gasteiger partial charge >= 0.3 is 0 Å². The van der Waals surface area contributed by atoms with Crippen LogP contribution in [0.15, 0.2) is 47.0 Å².